The molecular weight excluding hydrogens is 267 g/mol. The second-order valence-corrected chi connectivity index (χ2v) is 14.0. The van der Waals surface area contributed by atoms with Crippen molar-refractivity contribution in [2.45, 2.75) is 72.1 Å². The van der Waals surface area contributed by atoms with Crippen molar-refractivity contribution in [2.24, 2.45) is 5.92 Å². The molecule has 0 aromatic heterocycles. The van der Waals surface area contributed by atoms with E-state index in [0.717, 1.165) is 31.8 Å². The summed E-state index contributed by atoms with van der Waals surface area (Å²) in [5, 5.41) is 0. The Kier molecular flexibility index (Phi) is 8.98. The number of hydrogen-bond acceptors (Lipinski definition) is 2. The minimum atomic E-state index is -2.26. The fourth-order valence-corrected chi connectivity index (χ4v) is 4.68. The first-order chi connectivity index (χ1) is 9.23. The molecule has 0 aliphatic heterocycles. The van der Waals surface area contributed by atoms with E-state index >= 15 is 0 Å². The summed E-state index contributed by atoms with van der Waals surface area (Å²) in [6, 6.07) is 0. The summed E-state index contributed by atoms with van der Waals surface area (Å²) in [4.78, 5) is 12.4. The number of carbonyl (C=O) groups excluding carboxylic acids is 1. The SMILES string of the molecule is CCCCCCP(C)(C)(C)OC(=O)C(CC)CCCC. The minimum absolute atomic E-state index is 0.0570. The number of unbranched alkanes of at least 4 members (excludes halogenated alkanes) is 4. The maximum absolute atomic E-state index is 12.4. The summed E-state index contributed by atoms with van der Waals surface area (Å²) >= 11 is 0. The molecule has 0 saturated heterocycles. The molecule has 0 bridgehead atoms. The Hall–Kier alpha value is -0.100. The first-order valence-electron chi connectivity index (χ1n) is 8.48. The molecule has 0 heterocycles. The topological polar surface area (TPSA) is 26.3 Å². The van der Waals surface area contributed by atoms with E-state index in [1.54, 1.807) is 0 Å². The molecule has 0 amide bonds. The van der Waals surface area contributed by atoms with Crippen LogP contribution in [-0.2, 0) is 9.32 Å². The average Bonchev–Trinajstić information content (AvgIpc) is 2.34. The van der Waals surface area contributed by atoms with Crippen molar-refractivity contribution >= 4 is 12.8 Å². The van der Waals surface area contributed by atoms with Crippen LogP contribution in [0.5, 0.6) is 0 Å². The van der Waals surface area contributed by atoms with Crippen molar-refractivity contribution in [3.63, 3.8) is 0 Å². The van der Waals surface area contributed by atoms with Crippen LogP contribution in [0, 0.1) is 5.92 Å². The first kappa shape index (κ1) is 19.9. The fraction of sp³-hybridized carbons (Fsp3) is 0.941. The zero-order valence-corrected chi connectivity index (χ0v) is 15.6. The van der Waals surface area contributed by atoms with E-state index in [9.17, 15) is 4.79 Å². The molecule has 0 aromatic rings. The van der Waals surface area contributed by atoms with Gasteiger partial charge in [0.2, 0.25) is 0 Å². The first-order valence-corrected chi connectivity index (χ1v) is 12.2. The van der Waals surface area contributed by atoms with Crippen molar-refractivity contribution < 1.29 is 9.32 Å². The van der Waals surface area contributed by atoms with Gasteiger partial charge in [-0.3, -0.25) is 0 Å². The molecule has 122 valence electrons. The molecule has 0 aromatic carbocycles. The molecular formula is C17H37O2P. The molecule has 0 fully saturated rings. The molecule has 0 N–H and O–H groups in total. The van der Waals surface area contributed by atoms with E-state index in [4.69, 9.17) is 4.52 Å². The van der Waals surface area contributed by atoms with E-state index in [2.05, 4.69) is 40.8 Å². The summed E-state index contributed by atoms with van der Waals surface area (Å²) in [6.07, 6.45) is 10.2. The predicted molar refractivity (Wildman–Crippen MR) is 93.1 cm³/mol. The van der Waals surface area contributed by atoms with E-state index in [-0.39, 0.29) is 11.9 Å². The molecule has 3 heteroatoms. The van der Waals surface area contributed by atoms with Gasteiger partial charge >= 0.3 is 126 Å². The molecule has 0 aliphatic rings. The third-order valence-corrected chi connectivity index (χ3v) is 6.63. The third kappa shape index (κ3) is 8.95. The van der Waals surface area contributed by atoms with Crippen molar-refractivity contribution in [1.82, 2.24) is 0 Å². The van der Waals surface area contributed by atoms with Gasteiger partial charge in [0, 0.05) is 0 Å². The molecule has 0 rings (SSSR count). The summed E-state index contributed by atoms with van der Waals surface area (Å²) < 4.78 is 6.05. The van der Waals surface area contributed by atoms with Crippen LogP contribution in [0.25, 0.3) is 0 Å². The Balaban J connectivity index is 4.41. The number of carbonyl (C=O) groups is 1. The summed E-state index contributed by atoms with van der Waals surface area (Å²) in [5.41, 5.74) is 0. The molecule has 1 atom stereocenters. The van der Waals surface area contributed by atoms with Gasteiger partial charge in [-0.25, -0.2) is 0 Å². The zero-order valence-electron chi connectivity index (χ0n) is 14.7. The van der Waals surface area contributed by atoms with Crippen molar-refractivity contribution in [3.05, 3.63) is 0 Å². The molecule has 0 aliphatic carbocycles. The van der Waals surface area contributed by atoms with Gasteiger partial charge in [0.1, 0.15) is 0 Å². The van der Waals surface area contributed by atoms with Crippen LogP contribution in [0.2, 0.25) is 0 Å². The molecule has 2 nitrogen and oxygen atoms in total. The maximum atomic E-state index is 12.4. The van der Waals surface area contributed by atoms with Crippen LogP contribution in [0.15, 0.2) is 0 Å². The third-order valence-electron chi connectivity index (χ3n) is 3.93. The Labute approximate surface area is 127 Å². The van der Waals surface area contributed by atoms with Crippen LogP contribution >= 0.6 is 6.83 Å². The van der Waals surface area contributed by atoms with Gasteiger partial charge in [0.05, 0.1) is 0 Å². The van der Waals surface area contributed by atoms with Crippen LogP contribution < -0.4 is 0 Å². The normalized spacial score (nSPS) is 15.4. The van der Waals surface area contributed by atoms with Gasteiger partial charge < -0.3 is 0 Å². The van der Waals surface area contributed by atoms with Gasteiger partial charge in [-0.05, 0) is 0 Å². The molecule has 0 radical (unpaired) electrons. The summed E-state index contributed by atoms with van der Waals surface area (Å²) in [5.74, 6) is 0.161. The van der Waals surface area contributed by atoms with Crippen molar-refractivity contribution in [1.29, 1.82) is 0 Å². The van der Waals surface area contributed by atoms with Gasteiger partial charge in [-0.1, -0.05) is 0 Å². The van der Waals surface area contributed by atoms with Gasteiger partial charge in [-0.15, -0.1) is 0 Å². The molecule has 1 unspecified atom stereocenters. The van der Waals surface area contributed by atoms with Crippen LogP contribution in [-0.4, -0.2) is 32.1 Å². The Morgan fingerprint density at radius 1 is 0.950 bits per heavy atom. The van der Waals surface area contributed by atoms with Crippen molar-refractivity contribution in [2.75, 3.05) is 26.2 Å². The fourth-order valence-electron chi connectivity index (χ4n) is 2.47. The molecule has 0 saturated carbocycles. The van der Waals surface area contributed by atoms with Crippen molar-refractivity contribution in [3.8, 4) is 0 Å². The molecule has 0 spiro atoms. The predicted octanol–water partition coefficient (Wildman–Crippen LogP) is 5.68. The van der Waals surface area contributed by atoms with E-state index in [0.29, 0.717) is 0 Å². The van der Waals surface area contributed by atoms with Gasteiger partial charge in [-0.2, -0.15) is 0 Å². The second kappa shape index (κ2) is 9.03. The Bertz CT molecular complexity index is 278. The second-order valence-electron chi connectivity index (χ2n) is 7.41. The van der Waals surface area contributed by atoms with E-state index in [1.807, 2.05) is 0 Å². The van der Waals surface area contributed by atoms with E-state index < -0.39 is 6.83 Å². The average molecular weight is 304 g/mol. The van der Waals surface area contributed by atoms with Crippen LogP contribution in [0.3, 0.4) is 0 Å². The quantitative estimate of drug-likeness (QED) is 0.362. The number of hydrogen-bond donors (Lipinski definition) is 0. The summed E-state index contributed by atoms with van der Waals surface area (Å²) in [7, 11) is 0. The zero-order chi connectivity index (χ0) is 15.7. The van der Waals surface area contributed by atoms with Crippen LogP contribution in [0.4, 0.5) is 0 Å². The molecule has 20 heavy (non-hydrogen) atoms. The monoisotopic (exact) mass is 304 g/mol. The number of rotatable bonds is 11. The summed E-state index contributed by atoms with van der Waals surface area (Å²) in [6.45, 7) is 10.8. The Morgan fingerprint density at radius 2 is 1.55 bits per heavy atom. The van der Waals surface area contributed by atoms with E-state index in [1.165, 1.54) is 25.7 Å². The van der Waals surface area contributed by atoms with Crippen LogP contribution in [0.1, 0.15) is 72.1 Å². The van der Waals surface area contributed by atoms with Gasteiger partial charge in [0.25, 0.3) is 0 Å². The Morgan fingerprint density at radius 3 is 2.05 bits per heavy atom. The standard InChI is InChI=1S/C17H37O2P/c1-7-10-12-13-15-20(4,5,6)19-17(18)16(9-3)14-11-8-2/h16H,7-15H2,1-6H3. The van der Waals surface area contributed by atoms with Gasteiger partial charge in [0.15, 0.2) is 0 Å².